The molecule has 0 bridgehead atoms. The summed E-state index contributed by atoms with van der Waals surface area (Å²) in [6.07, 6.45) is 0. The van der Waals surface area contributed by atoms with E-state index in [0.29, 0.717) is 0 Å². The van der Waals surface area contributed by atoms with Gasteiger partial charge in [-0.1, -0.05) is 11.6 Å². The van der Waals surface area contributed by atoms with E-state index in [1.165, 1.54) is 25.2 Å². The lowest BCUT2D eigenvalue weighted by Gasteiger charge is -2.13. The zero-order chi connectivity index (χ0) is 19.3. The van der Waals surface area contributed by atoms with E-state index in [0.717, 1.165) is 12.1 Å². The molecular weight excluding hydrogens is 372 g/mol. The first kappa shape index (κ1) is 19.4. The number of hydrogen-bond donors (Lipinski definition) is 2. The monoisotopic (exact) mass is 385 g/mol. The summed E-state index contributed by atoms with van der Waals surface area (Å²) < 4.78 is 30.8. The first-order valence-corrected chi connectivity index (χ1v) is 7.70. The second-order valence-electron chi connectivity index (χ2n) is 4.99. The predicted molar refractivity (Wildman–Crippen MR) is 93.5 cm³/mol. The van der Waals surface area contributed by atoms with Crippen LogP contribution in [0.25, 0.3) is 0 Å². The summed E-state index contributed by atoms with van der Waals surface area (Å²) in [5.74, 6) is -1.46. The van der Waals surface area contributed by atoms with Crippen LogP contribution in [0.1, 0.15) is 10.4 Å². The number of benzene rings is 2. The number of nitro benzene ring substituents is 1. The van der Waals surface area contributed by atoms with E-state index in [2.05, 4.69) is 10.6 Å². The molecule has 2 N–H and O–H groups in total. The lowest BCUT2D eigenvalue weighted by Crippen LogP contribution is -2.15. The van der Waals surface area contributed by atoms with E-state index < -0.39 is 23.3 Å². The third-order valence-electron chi connectivity index (χ3n) is 3.32. The molecule has 0 unspecified atom stereocenters. The molecule has 0 saturated carbocycles. The summed E-state index contributed by atoms with van der Waals surface area (Å²) in [6, 6.07) is 5.77. The first-order chi connectivity index (χ1) is 12.4. The molecule has 0 aliphatic carbocycles. The van der Waals surface area contributed by atoms with Gasteiger partial charge in [-0.05, 0) is 18.2 Å². The van der Waals surface area contributed by atoms with Crippen LogP contribution >= 0.6 is 11.6 Å². The summed E-state index contributed by atoms with van der Waals surface area (Å²) >= 11 is 5.66. The van der Waals surface area contributed by atoms with E-state index in [4.69, 9.17) is 16.3 Å². The fraction of sp³-hybridized carbons (Fsp3) is 0.188. The molecule has 1 amide bonds. The summed E-state index contributed by atoms with van der Waals surface area (Å²) in [4.78, 5) is 23.0. The van der Waals surface area contributed by atoms with Crippen LogP contribution in [0.2, 0.25) is 5.02 Å². The lowest BCUT2D eigenvalue weighted by molar-refractivity contribution is -0.384. The Bertz CT molecular complexity index is 848. The molecule has 0 heterocycles. The maximum Gasteiger partial charge on any atom is 0.293 e. The van der Waals surface area contributed by atoms with Gasteiger partial charge in [-0.15, -0.1) is 0 Å². The lowest BCUT2D eigenvalue weighted by atomic mass is 10.1. The average Bonchev–Trinajstić information content (AvgIpc) is 2.62. The summed E-state index contributed by atoms with van der Waals surface area (Å²) in [5.41, 5.74) is -0.254. The number of alkyl halides is 1. The summed E-state index contributed by atoms with van der Waals surface area (Å²) in [7, 11) is 1.46. The minimum atomic E-state index is -0.805. The normalized spacial score (nSPS) is 10.3. The number of carbonyl (C=O) groups is 1. The number of halogens is 3. The fourth-order valence-corrected chi connectivity index (χ4v) is 2.32. The predicted octanol–water partition coefficient (Wildman–Crippen LogP) is 4.03. The van der Waals surface area contributed by atoms with Crippen molar-refractivity contribution in [2.24, 2.45) is 0 Å². The van der Waals surface area contributed by atoms with Crippen molar-refractivity contribution < 1.29 is 23.2 Å². The number of rotatable bonds is 7. The fourth-order valence-electron chi connectivity index (χ4n) is 2.14. The zero-order valence-electron chi connectivity index (χ0n) is 13.5. The second kappa shape index (κ2) is 8.43. The quantitative estimate of drug-likeness (QED) is 0.554. The van der Waals surface area contributed by atoms with Gasteiger partial charge >= 0.3 is 0 Å². The summed E-state index contributed by atoms with van der Waals surface area (Å²) in [5, 5.41) is 16.1. The molecule has 2 rings (SSSR count). The molecule has 0 saturated heterocycles. The van der Waals surface area contributed by atoms with Crippen molar-refractivity contribution in [1.82, 2.24) is 0 Å². The highest BCUT2D eigenvalue weighted by Crippen LogP contribution is 2.33. The third-order valence-corrected chi connectivity index (χ3v) is 3.61. The van der Waals surface area contributed by atoms with Gasteiger partial charge in [0, 0.05) is 24.9 Å². The van der Waals surface area contributed by atoms with Gasteiger partial charge < -0.3 is 15.4 Å². The third kappa shape index (κ3) is 4.37. The minimum absolute atomic E-state index is 0.0386. The number of nitrogens with zero attached hydrogens (tertiary/aromatic N) is 1. The molecular formula is C16H14ClF2N3O4. The molecule has 7 nitrogen and oxygen atoms in total. The number of nitro groups is 1. The Morgan fingerprint density at radius 1 is 1.35 bits per heavy atom. The van der Waals surface area contributed by atoms with Crippen LogP contribution in [0.15, 0.2) is 30.3 Å². The number of anilines is 2. The van der Waals surface area contributed by atoms with E-state index in [1.54, 1.807) is 0 Å². The maximum absolute atomic E-state index is 13.2. The highest BCUT2D eigenvalue weighted by Gasteiger charge is 2.23. The number of ether oxygens (including phenoxy) is 1. The SMILES string of the molecule is CNc1cc(OCCF)c(C(=O)Nc2ccc(F)c(Cl)c2)cc1[N+](=O)[O-]. The van der Waals surface area contributed by atoms with Crippen LogP contribution in [-0.4, -0.2) is 31.2 Å². The van der Waals surface area contributed by atoms with Gasteiger partial charge in [-0.2, -0.15) is 0 Å². The number of amides is 1. The Morgan fingerprint density at radius 3 is 2.65 bits per heavy atom. The van der Waals surface area contributed by atoms with Crippen molar-refractivity contribution >= 4 is 34.6 Å². The van der Waals surface area contributed by atoms with Crippen LogP contribution in [0.3, 0.4) is 0 Å². The molecule has 0 fully saturated rings. The zero-order valence-corrected chi connectivity index (χ0v) is 14.3. The van der Waals surface area contributed by atoms with Gasteiger partial charge in [-0.25, -0.2) is 8.78 Å². The van der Waals surface area contributed by atoms with Gasteiger partial charge in [0.05, 0.1) is 15.5 Å². The molecule has 0 aromatic heterocycles. The standard InChI is InChI=1S/C16H14ClF2N3O4/c1-20-13-8-15(26-5-4-18)10(7-14(13)22(24)25)16(23)21-9-2-3-12(19)11(17)6-9/h2-3,6-8,20H,4-5H2,1H3,(H,21,23). The van der Waals surface area contributed by atoms with Crippen LogP contribution in [-0.2, 0) is 0 Å². The average molecular weight is 386 g/mol. The van der Waals surface area contributed by atoms with Crippen molar-refractivity contribution in [3.8, 4) is 5.75 Å². The van der Waals surface area contributed by atoms with Crippen LogP contribution in [0.5, 0.6) is 5.75 Å². The highest BCUT2D eigenvalue weighted by molar-refractivity contribution is 6.31. The smallest absolute Gasteiger partial charge is 0.293 e. The molecule has 2 aromatic rings. The van der Waals surface area contributed by atoms with Gasteiger partial charge in [0.2, 0.25) is 0 Å². The molecule has 0 atom stereocenters. The maximum atomic E-state index is 13.2. The van der Waals surface area contributed by atoms with Crippen LogP contribution in [0, 0.1) is 15.9 Å². The van der Waals surface area contributed by atoms with E-state index in [-0.39, 0.29) is 40.0 Å². The largest absolute Gasteiger partial charge is 0.490 e. The molecule has 26 heavy (non-hydrogen) atoms. The molecule has 2 aromatic carbocycles. The van der Waals surface area contributed by atoms with E-state index in [9.17, 15) is 23.7 Å². The molecule has 138 valence electrons. The number of hydrogen-bond acceptors (Lipinski definition) is 5. The van der Waals surface area contributed by atoms with Crippen molar-refractivity contribution in [3.63, 3.8) is 0 Å². The van der Waals surface area contributed by atoms with Crippen molar-refractivity contribution in [2.75, 3.05) is 31.0 Å². The number of carbonyl (C=O) groups excluding carboxylic acids is 1. The summed E-state index contributed by atoms with van der Waals surface area (Å²) in [6.45, 7) is -1.13. The van der Waals surface area contributed by atoms with Crippen molar-refractivity contribution in [1.29, 1.82) is 0 Å². The van der Waals surface area contributed by atoms with Crippen molar-refractivity contribution in [2.45, 2.75) is 0 Å². The Balaban J connectivity index is 2.43. The second-order valence-corrected chi connectivity index (χ2v) is 5.40. The van der Waals surface area contributed by atoms with Gasteiger partial charge in [-0.3, -0.25) is 14.9 Å². The Hall–Kier alpha value is -2.94. The molecule has 10 heteroatoms. The van der Waals surface area contributed by atoms with Gasteiger partial charge in [0.15, 0.2) is 0 Å². The number of nitrogens with one attached hydrogen (secondary N) is 2. The van der Waals surface area contributed by atoms with Crippen LogP contribution in [0.4, 0.5) is 25.8 Å². The van der Waals surface area contributed by atoms with Crippen LogP contribution < -0.4 is 15.4 Å². The molecule has 0 radical (unpaired) electrons. The highest BCUT2D eigenvalue weighted by atomic mass is 35.5. The first-order valence-electron chi connectivity index (χ1n) is 7.32. The van der Waals surface area contributed by atoms with E-state index >= 15 is 0 Å². The molecule has 0 aliphatic rings. The minimum Gasteiger partial charge on any atom is -0.490 e. The Kier molecular flexibility index (Phi) is 6.29. The Labute approximate surface area is 152 Å². The van der Waals surface area contributed by atoms with Gasteiger partial charge in [0.25, 0.3) is 11.6 Å². The topological polar surface area (TPSA) is 93.5 Å². The van der Waals surface area contributed by atoms with Gasteiger partial charge in [0.1, 0.15) is 30.5 Å². The molecule has 0 spiro atoms. The van der Waals surface area contributed by atoms with E-state index in [1.807, 2.05) is 0 Å². The molecule has 0 aliphatic heterocycles. The Morgan fingerprint density at radius 2 is 2.08 bits per heavy atom. The van der Waals surface area contributed by atoms with Crippen molar-refractivity contribution in [3.05, 3.63) is 56.8 Å².